The van der Waals surface area contributed by atoms with E-state index in [1.807, 2.05) is 60.7 Å². The number of aromatic hydroxyl groups is 1. The first-order chi connectivity index (χ1) is 22.7. The van der Waals surface area contributed by atoms with E-state index in [1.165, 1.54) is 32.6 Å². The van der Waals surface area contributed by atoms with E-state index in [-0.39, 0.29) is 22.8 Å². The number of carbonyl (C=O) groups excluding carboxylic acids is 2. The van der Waals surface area contributed by atoms with E-state index in [9.17, 15) is 14.7 Å². The van der Waals surface area contributed by atoms with Gasteiger partial charge < -0.3 is 26.0 Å². The van der Waals surface area contributed by atoms with Crippen LogP contribution in [-0.2, 0) is 15.6 Å². The van der Waals surface area contributed by atoms with Crippen LogP contribution in [0.25, 0.3) is 33.9 Å². The number of imidazole rings is 1. The van der Waals surface area contributed by atoms with Gasteiger partial charge in [0, 0.05) is 52.7 Å². The Morgan fingerprint density at radius 3 is 1.79 bits per heavy atom. The number of nitrogens with one attached hydrogen (secondary N) is 4. The number of hydrogen-bond acceptors (Lipinski definition) is 4. The normalized spacial score (nSPS) is 11.8. The van der Waals surface area contributed by atoms with E-state index in [1.54, 1.807) is 0 Å². The molecule has 256 valence electrons. The maximum Gasteiger partial charge on any atom is 0.319 e. The lowest BCUT2D eigenvalue weighted by atomic mass is 9.78. The maximum absolute atomic E-state index is 12.5. The second kappa shape index (κ2) is 15.5. The van der Waals surface area contributed by atoms with Crippen molar-refractivity contribution in [3.05, 3.63) is 71.8 Å². The summed E-state index contributed by atoms with van der Waals surface area (Å²) in [5, 5.41) is 20.1. The molecular weight excluding hydrogens is 598 g/mol. The summed E-state index contributed by atoms with van der Waals surface area (Å²) in [5.74, 6) is 0.864. The van der Waals surface area contributed by atoms with E-state index in [2.05, 4.69) is 69.4 Å². The number of carbonyl (C=O) groups is 2. The minimum Gasteiger partial charge on any atom is -0.507 e. The number of rotatable bonds is 12. The van der Waals surface area contributed by atoms with Gasteiger partial charge in [-0.3, -0.25) is 4.79 Å². The van der Waals surface area contributed by atoms with Gasteiger partial charge in [0.05, 0.1) is 11.4 Å². The van der Waals surface area contributed by atoms with Gasteiger partial charge in [-0.05, 0) is 53.6 Å². The number of urea groups is 1. The van der Waals surface area contributed by atoms with Crippen molar-refractivity contribution >= 4 is 23.3 Å². The first-order valence-corrected chi connectivity index (χ1v) is 17.2. The van der Waals surface area contributed by atoms with Crippen LogP contribution >= 0.6 is 0 Å². The summed E-state index contributed by atoms with van der Waals surface area (Å²) in [6.45, 7) is 16.9. The molecule has 1 aromatic heterocycles. The van der Waals surface area contributed by atoms with Gasteiger partial charge in [-0.25, -0.2) is 9.78 Å². The van der Waals surface area contributed by atoms with Gasteiger partial charge in [-0.1, -0.05) is 105 Å². The second-order valence-electron chi connectivity index (χ2n) is 14.7. The minimum absolute atomic E-state index is 0.132. The molecule has 8 heteroatoms. The molecule has 1 heterocycles. The molecule has 4 aromatic rings. The quantitative estimate of drug-likeness (QED) is 0.0979. The average molecular weight is 652 g/mol. The molecule has 3 aromatic carbocycles. The summed E-state index contributed by atoms with van der Waals surface area (Å²) < 4.78 is 0. The lowest BCUT2D eigenvalue weighted by molar-refractivity contribution is -0.114. The molecule has 0 spiro atoms. The summed E-state index contributed by atoms with van der Waals surface area (Å²) >= 11 is 0. The fourth-order valence-electron chi connectivity index (χ4n) is 5.76. The number of benzene rings is 3. The van der Waals surface area contributed by atoms with Crippen LogP contribution in [0.15, 0.2) is 60.7 Å². The van der Waals surface area contributed by atoms with Crippen LogP contribution < -0.4 is 16.0 Å². The molecule has 0 saturated carbocycles. The van der Waals surface area contributed by atoms with Gasteiger partial charge in [-0.2, -0.15) is 0 Å². The molecule has 0 radical (unpaired) electrons. The smallest absolute Gasteiger partial charge is 0.319 e. The zero-order valence-corrected chi connectivity index (χ0v) is 29.9. The minimum atomic E-state index is -0.290. The highest BCUT2D eigenvalue weighted by Gasteiger charge is 2.28. The van der Waals surface area contributed by atoms with Crippen LogP contribution in [0.2, 0.25) is 0 Å². The number of amides is 3. The third kappa shape index (κ3) is 9.49. The van der Waals surface area contributed by atoms with Crippen LogP contribution in [0.3, 0.4) is 0 Å². The Balaban J connectivity index is 1.67. The lowest BCUT2D eigenvalue weighted by Crippen LogP contribution is -2.29. The van der Waals surface area contributed by atoms with Gasteiger partial charge in [-0.15, -0.1) is 0 Å². The second-order valence-corrected chi connectivity index (χ2v) is 14.7. The molecule has 0 atom stereocenters. The van der Waals surface area contributed by atoms with Crippen molar-refractivity contribution in [3.8, 4) is 39.7 Å². The van der Waals surface area contributed by atoms with Crippen molar-refractivity contribution in [3.63, 3.8) is 0 Å². The van der Waals surface area contributed by atoms with Crippen LogP contribution in [0, 0.1) is 0 Å². The van der Waals surface area contributed by atoms with E-state index in [0.717, 1.165) is 52.0 Å². The van der Waals surface area contributed by atoms with E-state index in [0.29, 0.717) is 29.5 Å². The number of aromatic nitrogens is 2. The van der Waals surface area contributed by atoms with Crippen molar-refractivity contribution in [1.82, 2.24) is 15.3 Å². The summed E-state index contributed by atoms with van der Waals surface area (Å²) in [6, 6.07) is 19.1. The highest BCUT2D eigenvalue weighted by molar-refractivity contribution is 5.91. The third-order valence-electron chi connectivity index (χ3n) is 8.43. The molecule has 0 saturated heterocycles. The lowest BCUT2D eigenvalue weighted by Gasteiger charge is -2.28. The molecule has 3 amide bonds. The number of anilines is 2. The van der Waals surface area contributed by atoms with Crippen molar-refractivity contribution < 1.29 is 14.7 Å². The van der Waals surface area contributed by atoms with E-state index >= 15 is 0 Å². The monoisotopic (exact) mass is 651 g/mol. The highest BCUT2D eigenvalue weighted by atomic mass is 16.3. The van der Waals surface area contributed by atoms with Crippen LogP contribution in [0.4, 0.5) is 16.2 Å². The van der Waals surface area contributed by atoms with Gasteiger partial charge >= 0.3 is 6.03 Å². The topological polar surface area (TPSA) is 119 Å². The molecule has 0 aliphatic carbocycles. The Hall–Kier alpha value is -4.59. The molecule has 48 heavy (non-hydrogen) atoms. The van der Waals surface area contributed by atoms with Crippen molar-refractivity contribution in [2.75, 3.05) is 17.2 Å². The Kier molecular flexibility index (Phi) is 11.7. The first-order valence-electron chi connectivity index (χ1n) is 17.2. The Morgan fingerprint density at radius 1 is 0.729 bits per heavy atom. The number of phenols is 1. The number of hydrogen-bond donors (Lipinski definition) is 5. The first kappa shape index (κ1) is 36.2. The third-order valence-corrected chi connectivity index (χ3v) is 8.43. The number of H-pyrrole nitrogens is 1. The van der Waals surface area contributed by atoms with Crippen molar-refractivity contribution in [1.29, 1.82) is 0 Å². The molecular formula is C40H53N5O3. The zero-order valence-electron chi connectivity index (χ0n) is 29.9. The van der Waals surface area contributed by atoms with E-state index in [4.69, 9.17) is 4.98 Å². The molecule has 4 rings (SSSR count). The number of nitrogens with zero attached hydrogens (tertiary/aromatic N) is 1. The number of phenolic OH excluding ortho intramolecular Hbond substituents is 1. The molecule has 0 aliphatic rings. The number of aromatic amines is 1. The molecule has 0 aliphatic heterocycles. The molecule has 5 N–H and O–H groups in total. The Bertz CT molecular complexity index is 1660. The van der Waals surface area contributed by atoms with Gasteiger partial charge in [0.25, 0.3) is 0 Å². The van der Waals surface area contributed by atoms with Gasteiger partial charge in [0.1, 0.15) is 11.6 Å². The SMILES string of the molecule is CCCCCCCCNC(=O)Nc1ccc(-c2[nH]c(-c3cc(C(C)(C)C)c(O)c(C(C)(C)C)c3)nc2-c2ccc(NC(C)=O)cc2)cc1. The largest absolute Gasteiger partial charge is 0.507 e. The molecule has 0 bridgehead atoms. The van der Waals surface area contributed by atoms with Gasteiger partial charge in [0.2, 0.25) is 5.91 Å². The average Bonchev–Trinajstić information content (AvgIpc) is 3.45. The zero-order chi connectivity index (χ0) is 35.1. The fourth-order valence-corrected chi connectivity index (χ4v) is 5.76. The van der Waals surface area contributed by atoms with Crippen molar-refractivity contribution in [2.45, 2.75) is 105 Å². The van der Waals surface area contributed by atoms with Crippen LogP contribution in [0.1, 0.15) is 105 Å². The van der Waals surface area contributed by atoms with Crippen LogP contribution in [-0.4, -0.2) is 33.6 Å². The molecule has 0 unspecified atom stereocenters. The summed E-state index contributed by atoms with van der Waals surface area (Å²) in [7, 11) is 0. The van der Waals surface area contributed by atoms with E-state index < -0.39 is 0 Å². The Labute approximate surface area is 286 Å². The molecule has 0 fully saturated rings. The summed E-state index contributed by atoms with van der Waals surface area (Å²) in [6.07, 6.45) is 7.05. The maximum atomic E-state index is 12.5. The van der Waals surface area contributed by atoms with Crippen LogP contribution in [0.5, 0.6) is 5.75 Å². The standard InChI is InChI=1S/C40H53N5O3/c1-9-10-11-12-13-14-23-41-38(48)43-31-21-17-28(18-22-31)35-34(27-15-19-30(20-16-27)42-26(2)46)44-37(45-35)29-24-32(39(3,4)5)36(47)33(25-29)40(6,7)8/h15-22,24-25,47H,9-14,23H2,1-8H3,(H,42,46)(H,44,45)(H2,41,43,48). The predicted octanol–water partition coefficient (Wildman–Crippen LogP) is 10.2. The van der Waals surface area contributed by atoms with Gasteiger partial charge in [0.15, 0.2) is 0 Å². The van der Waals surface area contributed by atoms with Crippen molar-refractivity contribution in [2.24, 2.45) is 0 Å². The Morgan fingerprint density at radius 2 is 1.25 bits per heavy atom. The summed E-state index contributed by atoms with van der Waals surface area (Å²) in [4.78, 5) is 32.9. The molecule has 8 nitrogen and oxygen atoms in total. The number of unbranched alkanes of at least 4 members (excludes halogenated alkanes) is 5. The predicted molar refractivity (Wildman–Crippen MR) is 199 cm³/mol. The highest BCUT2D eigenvalue weighted by Crippen LogP contribution is 2.43. The fraction of sp³-hybridized carbons (Fsp3) is 0.425. The summed E-state index contributed by atoms with van der Waals surface area (Å²) in [5.41, 5.74) is 6.76.